The van der Waals surface area contributed by atoms with Gasteiger partial charge in [0.2, 0.25) is 0 Å². The SMILES string of the molecule is O=C(c1cc(=O)c2ccccc2o1)N1CC[C@@H](S(=O)(=O)c2ccc(Cl)cc2)C1. The number of likely N-dealkylation sites (tertiary alicyclic amines) is 1. The number of carbonyl (C=O) groups is 1. The Labute approximate surface area is 166 Å². The fourth-order valence-electron chi connectivity index (χ4n) is 3.35. The van der Waals surface area contributed by atoms with E-state index in [0.717, 1.165) is 6.07 Å². The molecule has 1 fully saturated rings. The van der Waals surface area contributed by atoms with E-state index in [4.69, 9.17) is 16.0 Å². The highest BCUT2D eigenvalue weighted by molar-refractivity contribution is 7.92. The van der Waals surface area contributed by atoms with Gasteiger partial charge in [-0.1, -0.05) is 23.7 Å². The molecule has 0 aliphatic carbocycles. The molecule has 1 amide bonds. The highest BCUT2D eigenvalue weighted by atomic mass is 35.5. The molecule has 1 saturated heterocycles. The maximum Gasteiger partial charge on any atom is 0.289 e. The lowest BCUT2D eigenvalue weighted by atomic mass is 10.2. The average molecular weight is 418 g/mol. The zero-order valence-electron chi connectivity index (χ0n) is 14.7. The molecule has 8 heteroatoms. The Morgan fingerprint density at radius 2 is 1.82 bits per heavy atom. The van der Waals surface area contributed by atoms with E-state index in [1.807, 2.05) is 0 Å². The van der Waals surface area contributed by atoms with Crippen molar-refractivity contribution in [2.45, 2.75) is 16.6 Å². The highest BCUT2D eigenvalue weighted by Gasteiger charge is 2.37. The van der Waals surface area contributed by atoms with Crippen LogP contribution in [0.3, 0.4) is 0 Å². The summed E-state index contributed by atoms with van der Waals surface area (Å²) >= 11 is 5.82. The largest absolute Gasteiger partial charge is 0.451 e. The molecule has 0 spiro atoms. The Bertz CT molecular complexity index is 1220. The number of amides is 1. The molecule has 2 aromatic carbocycles. The monoisotopic (exact) mass is 417 g/mol. The van der Waals surface area contributed by atoms with Crippen molar-refractivity contribution in [1.29, 1.82) is 0 Å². The molecule has 1 atom stereocenters. The molecule has 1 aliphatic heterocycles. The van der Waals surface area contributed by atoms with Gasteiger partial charge in [-0.25, -0.2) is 8.42 Å². The molecule has 0 N–H and O–H groups in total. The van der Waals surface area contributed by atoms with E-state index >= 15 is 0 Å². The van der Waals surface area contributed by atoms with E-state index in [0.29, 0.717) is 22.4 Å². The normalized spacial score (nSPS) is 17.2. The van der Waals surface area contributed by atoms with E-state index in [2.05, 4.69) is 0 Å². The van der Waals surface area contributed by atoms with Gasteiger partial charge in [0.1, 0.15) is 5.58 Å². The minimum atomic E-state index is -3.59. The standard InChI is InChI=1S/C20H16ClNO5S/c21-13-5-7-14(8-6-13)28(25,26)15-9-10-22(12-15)20(24)19-11-17(23)16-3-1-2-4-18(16)27-19/h1-8,11,15H,9-10,12H2/t15-/m1/s1. The van der Waals surface area contributed by atoms with E-state index in [9.17, 15) is 18.0 Å². The van der Waals surface area contributed by atoms with Gasteiger partial charge in [0.15, 0.2) is 21.0 Å². The Morgan fingerprint density at radius 3 is 2.57 bits per heavy atom. The second kappa shape index (κ2) is 7.07. The van der Waals surface area contributed by atoms with Gasteiger partial charge in [-0.3, -0.25) is 9.59 Å². The number of hydrogen-bond acceptors (Lipinski definition) is 5. The van der Waals surface area contributed by atoms with E-state index in [-0.39, 0.29) is 29.2 Å². The van der Waals surface area contributed by atoms with Crippen LogP contribution in [-0.2, 0) is 9.84 Å². The van der Waals surface area contributed by atoms with Crippen LogP contribution in [-0.4, -0.2) is 37.6 Å². The molecule has 3 aromatic rings. The number of hydrogen-bond donors (Lipinski definition) is 0. The van der Waals surface area contributed by atoms with Crippen molar-refractivity contribution in [3.05, 3.63) is 75.6 Å². The molecule has 0 bridgehead atoms. The molecule has 1 aromatic heterocycles. The molecule has 4 rings (SSSR count). The number of nitrogens with zero attached hydrogens (tertiary/aromatic N) is 1. The predicted molar refractivity (Wildman–Crippen MR) is 105 cm³/mol. The summed E-state index contributed by atoms with van der Waals surface area (Å²) in [6.07, 6.45) is 0.314. The average Bonchev–Trinajstić information content (AvgIpc) is 3.19. The van der Waals surface area contributed by atoms with Gasteiger partial charge in [0.05, 0.1) is 15.5 Å². The number of halogens is 1. The molecular weight excluding hydrogens is 402 g/mol. The van der Waals surface area contributed by atoms with Crippen molar-refractivity contribution >= 4 is 38.3 Å². The maximum absolute atomic E-state index is 12.8. The molecule has 28 heavy (non-hydrogen) atoms. The zero-order valence-corrected chi connectivity index (χ0v) is 16.2. The van der Waals surface area contributed by atoms with Crippen LogP contribution in [0.25, 0.3) is 11.0 Å². The first-order chi connectivity index (χ1) is 13.4. The van der Waals surface area contributed by atoms with Crippen molar-refractivity contribution in [2.75, 3.05) is 13.1 Å². The van der Waals surface area contributed by atoms with E-state index < -0.39 is 21.0 Å². The smallest absolute Gasteiger partial charge is 0.289 e. The van der Waals surface area contributed by atoms with Gasteiger partial charge in [0, 0.05) is 24.2 Å². The summed E-state index contributed by atoms with van der Waals surface area (Å²) in [5.41, 5.74) is 0.0117. The van der Waals surface area contributed by atoms with Crippen molar-refractivity contribution in [3.8, 4) is 0 Å². The van der Waals surface area contributed by atoms with E-state index in [1.54, 1.807) is 24.3 Å². The summed E-state index contributed by atoms with van der Waals surface area (Å²) < 4.78 is 31.2. The predicted octanol–water partition coefficient (Wildman–Crippen LogP) is 3.13. The van der Waals surface area contributed by atoms with Crippen LogP contribution in [0.5, 0.6) is 0 Å². The summed E-state index contributed by atoms with van der Waals surface area (Å²) in [6, 6.07) is 13.8. The van der Waals surface area contributed by atoms with Crippen LogP contribution in [0.4, 0.5) is 0 Å². The lowest BCUT2D eigenvalue weighted by Gasteiger charge is -2.16. The molecular formula is C20H16ClNO5S. The van der Waals surface area contributed by atoms with Crippen LogP contribution in [0.2, 0.25) is 5.02 Å². The number of fused-ring (bicyclic) bond motifs is 1. The van der Waals surface area contributed by atoms with Crippen molar-refractivity contribution in [1.82, 2.24) is 4.90 Å². The topological polar surface area (TPSA) is 84.7 Å². The fraction of sp³-hybridized carbons (Fsp3) is 0.200. The maximum atomic E-state index is 12.8. The van der Waals surface area contributed by atoms with Gasteiger partial charge in [-0.15, -0.1) is 0 Å². The molecule has 1 aliphatic rings. The minimum absolute atomic E-state index is 0.0420. The van der Waals surface area contributed by atoms with Crippen LogP contribution in [0.15, 0.2) is 68.7 Å². The third-order valence-corrected chi connectivity index (χ3v) is 7.30. The summed E-state index contributed by atoms with van der Waals surface area (Å²) in [4.78, 5) is 26.6. The van der Waals surface area contributed by atoms with Gasteiger partial charge in [-0.2, -0.15) is 0 Å². The fourth-order valence-corrected chi connectivity index (χ4v) is 5.17. The molecule has 0 radical (unpaired) electrons. The van der Waals surface area contributed by atoms with Gasteiger partial charge in [-0.05, 0) is 42.8 Å². The van der Waals surface area contributed by atoms with Crippen LogP contribution < -0.4 is 5.43 Å². The number of carbonyl (C=O) groups excluding carboxylic acids is 1. The second-order valence-electron chi connectivity index (χ2n) is 6.63. The van der Waals surface area contributed by atoms with Gasteiger partial charge < -0.3 is 9.32 Å². The summed E-state index contributed by atoms with van der Waals surface area (Å²) in [5.74, 6) is -0.579. The van der Waals surface area contributed by atoms with Crippen LogP contribution in [0, 0.1) is 0 Å². The number of sulfone groups is 1. The Kier molecular flexibility index (Phi) is 4.72. The zero-order chi connectivity index (χ0) is 19.9. The van der Waals surface area contributed by atoms with E-state index in [1.165, 1.54) is 29.2 Å². The van der Waals surface area contributed by atoms with Gasteiger partial charge >= 0.3 is 0 Å². The molecule has 0 unspecified atom stereocenters. The first kappa shape index (κ1) is 18.7. The number of rotatable bonds is 3. The van der Waals surface area contributed by atoms with Crippen molar-refractivity contribution in [2.24, 2.45) is 0 Å². The third-order valence-electron chi connectivity index (χ3n) is 4.86. The summed E-state index contributed by atoms with van der Waals surface area (Å²) in [7, 11) is -3.59. The third kappa shape index (κ3) is 3.31. The molecule has 0 saturated carbocycles. The van der Waals surface area contributed by atoms with Crippen LogP contribution in [0.1, 0.15) is 17.0 Å². The van der Waals surface area contributed by atoms with Crippen molar-refractivity contribution in [3.63, 3.8) is 0 Å². The lowest BCUT2D eigenvalue weighted by Crippen LogP contribution is -2.32. The summed E-state index contributed by atoms with van der Waals surface area (Å²) in [6.45, 7) is 0.313. The Balaban J connectivity index is 1.58. The van der Waals surface area contributed by atoms with Crippen LogP contribution >= 0.6 is 11.6 Å². The quantitative estimate of drug-likeness (QED) is 0.653. The second-order valence-corrected chi connectivity index (χ2v) is 9.30. The minimum Gasteiger partial charge on any atom is -0.451 e. The van der Waals surface area contributed by atoms with Crippen molar-refractivity contribution < 1.29 is 17.6 Å². The Morgan fingerprint density at radius 1 is 1.11 bits per heavy atom. The first-order valence-corrected chi connectivity index (χ1v) is 10.6. The molecule has 144 valence electrons. The summed E-state index contributed by atoms with van der Waals surface area (Å²) in [5, 5.41) is 0.127. The highest BCUT2D eigenvalue weighted by Crippen LogP contribution is 2.26. The number of benzene rings is 2. The lowest BCUT2D eigenvalue weighted by molar-refractivity contribution is 0.0762. The first-order valence-electron chi connectivity index (χ1n) is 8.68. The number of para-hydroxylation sites is 1. The molecule has 6 nitrogen and oxygen atoms in total. The Hall–Kier alpha value is -2.64. The van der Waals surface area contributed by atoms with Gasteiger partial charge in [0.25, 0.3) is 5.91 Å². The molecule has 2 heterocycles.